The average Bonchev–Trinajstić information content (AvgIpc) is 2.21. The van der Waals surface area contributed by atoms with Crippen molar-refractivity contribution in [2.45, 2.75) is 0 Å². The molecule has 0 saturated carbocycles. The van der Waals surface area contributed by atoms with E-state index >= 15 is 0 Å². The van der Waals surface area contributed by atoms with E-state index in [-0.39, 0.29) is 5.69 Å². The van der Waals surface area contributed by atoms with E-state index in [0.29, 0.717) is 5.69 Å². The zero-order valence-corrected chi connectivity index (χ0v) is 6.64. The summed E-state index contributed by atoms with van der Waals surface area (Å²) < 4.78 is 0. The Morgan fingerprint density at radius 2 is 2.23 bits per heavy atom. The second-order valence-corrected chi connectivity index (χ2v) is 1.90. The fourth-order valence-corrected chi connectivity index (χ4v) is 0.662. The molecule has 0 aliphatic carbocycles. The molecule has 13 heavy (non-hydrogen) atoms. The summed E-state index contributed by atoms with van der Waals surface area (Å²) in [5.41, 5.74) is 5.05. The van der Waals surface area contributed by atoms with Gasteiger partial charge in [0.05, 0.1) is 10.6 Å². The van der Waals surface area contributed by atoms with Gasteiger partial charge in [0.2, 0.25) is 0 Å². The Kier molecular flexibility index (Phi) is 4.63. The topological polar surface area (TPSA) is 96.9 Å². The van der Waals surface area contributed by atoms with Gasteiger partial charge in [-0.15, -0.1) is 0 Å². The van der Waals surface area contributed by atoms with Gasteiger partial charge < -0.3 is 0 Å². The number of aromatic nitrogens is 1. The third kappa shape index (κ3) is 3.19. The van der Waals surface area contributed by atoms with E-state index in [4.69, 9.17) is 4.91 Å². The molecule has 0 aliphatic rings. The Morgan fingerprint density at radius 3 is 2.69 bits per heavy atom. The maximum Gasteiger partial charge on any atom is 0.273 e. The molecule has 1 heterocycles. The molecule has 0 radical (unpaired) electrons. The van der Waals surface area contributed by atoms with E-state index in [9.17, 15) is 10.1 Å². The van der Waals surface area contributed by atoms with Gasteiger partial charge in [-0.25, -0.2) is 0 Å². The first-order chi connectivity index (χ1) is 6.24. The molecule has 0 fully saturated rings. The van der Waals surface area contributed by atoms with E-state index in [1.54, 1.807) is 0 Å². The molecule has 0 atom stereocenters. The Morgan fingerprint density at radius 1 is 1.62 bits per heavy atom. The summed E-state index contributed by atoms with van der Waals surface area (Å²) in [5, 5.41) is 10.2. The molecule has 0 spiro atoms. The van der Waals surface area contributed by atoms with Crippen LogP contribution >= 0.6 is 0 Å². The van der Waals surface area contributed by atoms with Crippen molar-refractivity contribution in [2.24, 2.45) is 0 Å². The first-order valence-corrected chi connectivity index (χ1v) is 3.17. The van der Waals surface area contributed by atoms with Crippen molar-refractivity contribution in [2.75, 3.05) is 0 Å². The molecular formula is C7H7N3O3. The highest BCUT2D eigenvalue weighted by Gasteiger charge is 2.03. The number of nitroso groups, excluding NO2 is 1. The number of hydrogen-bond acceptors (Lipinski definition) is 5. The SMILES string of the molecule is C=Cc1cc([N+](=O)[O-])ccn1.N=O. The Labute approximate surface area is 73.8 Å². The van der Waals surface area contributed by atoms with Crippen LogP contribution in [0.5, 0.6) is 0 Å². The molecule has 0 saturated heterocycles. The Hall–Kier alpha value is -2.11. The van der Waals surface area contributed by atoms with Crippen molar-refractivity contribution < 1.29 is 4.92 Å². The van der Waals surface area contributed by atoms with Crippen LogP contribution in [-0.2, 0) is 0 Å². The summed E-state index contributed by atoms with van der Waals surface area (Å²) in [6.07, 6.45) is 2.85. The molecule has 1 aromatic heterocycles. The van der Waals surface area contributed by atoms with Gasteiger partial charge in [0.1, 0.15) is 0 Å². The molecule has 68 valence electrons. The van der Waals surface area contributed by atoms with E-state index in [1.165, 1.54) is 24.4 Å². The number of nitro groups is 1. The fourth-order valence-electron chi connectivity index (χ4n) is 0.662. The molecule has 1 rings (SSSR count). The predicted molar refractivity (Wildman–Crippen MR) is 47.1 cm³/mol. The van der Waals surface area contributed by atoms with Gasteiger partial charge in [-0.2, -0.15) is 4.91 Å². The minimum atomic E-state index is -0.464. The summed E-state index contributed by atoms with van der Waals surface area (Å²) in [6, 6.07) is 2.71. The summed E-state index contributed by atoms with van der Waals surface area (Å²) in [7, 11) is 0. The third-order valence-corrected chi connectivity index (χ3v) is 1.18. The highest BCUT2D eigenvalue weighted by molar-refractivity contribution is 5.46. The molecule has 0 amide bonds. The molecule has 0 unspecified atom stereocenters. The number of nitrogens with zero attached hydrogens (tertiary/aromatic N) is 2. The van der Waals surface area contributed by atoms with E-state index in [0.717, 1.165) is 0 Å². The molecule has 6 heteroatoms. The van der Waals surface area contributed by atoms with Gasteiger partial charge in [0.15, 0.2) is 0 Å². The van der Waals surface area contributed by atoms with Crippen molar-refractivity contribution in [1.82, 2.24) is 4.98 Å². The van der Waals surface area contributed by atoms with Crippen LogP contribution in [-0.4, -0.2) is 9.91 Å². The second-order valence-electron chi connectivity index (χ2n) is 1.90. The van der Waals surface area contributed by atoms with Gasteiger partial charge in [0.25, 0.3) is 5.69 Å². The van der Waals surface area contributed by atoms with Crippen molar-refractivity contribution >= 4 is 11.8 Å². The van der Waals surface area contributed by atoms with Crippen molar-refractivity contribution in [1.29, 1.82) is 5.59 Å². The quantitative estimate of drug-likeness (QED) is 0.428. The minimum absolute atomic E-state index is 0.0369. The smallest absolute Gasteiger partial charge is 0.258 e. The normalized spacial score (nSPS) is 8.00. The summed E-state index contributed by atoms with van der Waals surface area (Å²) in [6.45, 7) is 3.45. The van der Waals surface area contributed by atoms with Crippen LogP contribution in [0.15, 0.2) is 24.9 Å². The monoisotopic (exact) mass is 181 g/mol. The summed E-state index contributed by atoms with van der Waals surface area (Å²) in [5.74, 6) is 0. The van der Waals surface area contributed by atoms with Gasteiger partial charge in [-0.05, 0) is 6.08 Å². The van der Waals surface area contributed by atoms with Crippen LogP contribution in [0.3, 0.4) is 0 Å². The molecule has 0 bridgehead atoms. The first kappa shape index (κ1) is 10.9. The highest BCUT2D eigenvalue weighted by atomic mass is 16.6. The van der Waals surface area contributed by atoms with Gasteiger partial charge in [-0.3, -0.25) is 15.1 Å². The number of pyridine rings is 1. The largest absolute Gasteiger partial charge is 0.273 e. The van der Waals surface area contributed by atoms with Crippen LogP contribution in [0.2, 0.25) is 0 Å². The Bertz CT molecular complexity index is 314. The lowest BCUT2D eigenvalue weighted by atomic mass is 10.3. The molecule has 0 aliphatic heterocycles. The van der Waals surface area contributed by atoms with Gasteiger partial charge in [-0.1, -0.05) is 12.2 Å². The maximum atomic E-state index is 10.2. The van der Waals surface area contributed by atoms with Crippen LogP contribution < -0.4 is 0 Å². The van der Waals surface area contributed by atoms with E-state index < -0.39 is 4.92 Å². The minimum Gasteiger partial charge on any atom is -0.258 e. The maximum absolute atomic E-state index is 10.2. The number of hydrogen-bond donors (Lipinski definition) is 1. The third-order valence-electron chi connectivity index (χ3n) is 1.18. The molecule has 0 aromatic carbocycles. The number of rotatable bonds is 2. The molecule has 1 aromatic rings. The van der Waals surface area contributed by atoms with Crippen molar-refractivity contribution in [3.05, 3.63) is 45.6 Å². The van der Waals surface area contributed by atoms with Crippen LogP contribution in [0, 0.1) is 20.6 Å². The fraction of sp³-hybridized carbons (Fsp3) is 0. The van der Waals surface area contributed by atoms with Gasteiger partial charge in [0, 0.05) is 18.3 Å². The molecular weight excluding hydrogens is 174 g/mol. The lowest BCUT2D eigenvalue weighted by Gasteiger charge is -1.91. The zero-order valence-electron chi connectivity index (χ0n) is 6.64. The molecule has 1 N–H and O–H groups in total. The Balaban J connectivity index is 0.000000671. The second kappa shape index (κ2) is 5.53. The lowest BCUT2D eigenvalue weighted by molar-refractivity contribution is -0.384. The number of nitrogens with one attached hydrogen (secondary N) is 1. The van der Waals surface area contributed by atoms with E-state index in [1.807, 2.05) is 0 Å². The first-order valence-electron chi connectivity index (χ1n) is 3.17. The summed E-state index contributed by atoms with van der Waals surface area (Å²) >= 11 is 0. The average molecular weight is 181 g/mol. The van der Waals surface area contributed by atoms with E-state index in [2.05, 4.69) is 17.2 Å². The van der Waals surface area contributed by atoms with Crippen molar-refractivity contribution in [3.8, 4) is 0 Å². The van der Waals surface area contributed by atoms with Crippen LogP contribution in [0.1, 0.15) is 5.69 Å². The van der Waals surface area contributed by atoms with Crippen molar-refractivity contribution in [3.63, 3.8) is 0 Å². The lowest BCUT2D eigenvalue weighted by Crippen LogP contribution is -1.89. The van der Waals surface area contributed by atoms with Crippen LogP contribution in [0.4, 0.5) is 5.69 Å². The molecule has 6 nitrogen and oxygen atoms in total. The highest BCUT2D eigenvalue weighted by Crippen LogP contribution is 2.10. The zero-order chi connectivity index (χ0) is 10.3. The standard InChI is InChI=1S/C7H6N2O2.HNO/c1-2-6-5-7(9(10)11)3-4-8-6;1-2/h2-5H,1H2;1H. The van der Waals surface area contributed by atoms with Gasteiger partial charge >= 0.3 is 0 Å². The van der Waals surface area contributed by atoms with Crippen LogP contribution in [0.25, 0.3) is 6.08 Å². The summed E-state index contributed by atoms with van der Waals surface area (Å²) in [4.78, 5) is 21.1. The predicted octanol–water partition coefficient (Wildman–Crippen LogP) is 1.96.